The molecular weight excluding hydrogens is 334 g/mol. The Bertz CT molecular complexity index is 805. The molecule has 0 radical (unpaired) electrons. The maximum atomic E-state index is 13.5. The Morgan fingerprint density at radius 2 is 2.00 bits per heavy atom. The number of nitrogens with zero attached hydrogens (tertiary/aromatic N) is 2. The van der Waals surface area contributed by atoms with E-state index in [0.717, 1.165) is 48.9 Å². The standard InChI is InChI=1S/C23H29N3O/c27-23(21-12-6-10-20-11-7-13-24-22(20)21)26(17-16-25-14-4-5-15-25)18-19-8-2-1-3-9-19/h1-2,6-7,10-13,19H,3-5,8-9,14-18H2/p+1/t19-/m0/s1. The molecule has 2 aromatic rings. The van der Waals surface area contributed by atoms with Crippen LogP contribution in [0.4, 0.5) is 0 Å². The van der Waals surface area contributed by atoms with Crippen molar-refractivity contribution in [1.82, 2.24) is 9.88 Å². The third-order valence-electron chi connectivity index (χ3n) is 6.05. The van der Waals surface area contributed by atoms with Crippen LogP contribution in [0.2, 0.25) is 0 Å². The molecule has 1 aliphatic heterocycles. The van der Waals surface area contributed by atoms with Gasteiger partial charge in [-0.15, -0.1) is 0 Å². The fraction of sp³-hybridized carbons (Fsp3) is 0.478. The fourth-order valence-electron chi connectivity index (χ4n) is 4.47. The van der Waals surface area contributed by atoms with E-state index in [9.17, 15) is 4.79 Å². The number of hydrogen-bond donors (Lipinski definition) is 1. The summed E-state index contributed by atoms with van der Waals surface area (Å²) >= 11 is 0. The predicted molar refractivity (Wildman–Crippen MR) is 109 cm³/mol. The van der Waals surface area contributed by atoms with Crippen LogP contribution in [0.3, 0.4) is 0 Å². The number of rotatable bonds is 6. The van der Waals surface area contributed by atoms with Gasteiger partial charge in [0.05, 0.1) is 37.3 Å². The molecule has 2 heterocycles. The van der Waals surface area contributed by atoms with Gasteiger partial charge in [-0.1, -0.05) is 30.4 Å². The van der Waals surface area contributed by atoms with E-state index in [1.54, 1.807) is 11.1 Å². The molecule has 0 spiro atoms. The van der Waals surface area contributed by atoms with Gasteiger partial charge < -0.3 is 9.80 Å². The van der Waals surface area contributed by atoms with Gasteiger partial charge in [-0.25, -0.2) is 0 Å². The number of nitrogens with one attached hydrogen (secondary N) is 1. The predicted octanol–water partition coefficient (Wildman–Crippen LogP) is 2.71. The number of pyridine rings is 1. The molecular formula is C23H30N3O+. The van der Waals surface area contributed by atoms with E-state index in [1.807, 2.05) is 30.3 Å². The normalized spacial score (nSPS) is 20.2. The Morgan fingerprint density at radius 3 is 2.81 bits per heavy atom. The van der Waals surface area contributed by atoms with E-state index in [-0.39, 0.29) is 5.91 Å². The van der Waals surface area contributed by atoms with Gasteiger partial charge in [-0.05, 0) is 37.3 Å². The lowest BCUT2D eigenvalue weighted by atomic mass is 9.93. The highest BCUT2D eigenvalue weighted by atomic mass is 16.2. The quantitative estimate of drug-likeness (QED) is 0.801. The smallest absolute Gasteiger partial charge is 0.256 e. The second-order valence-electron chi connectivity index (χ2n) is 7.99. The Labute approximate surface area is 161 Å². The lowest BCUT2D eigenvalue weighted by molar-refractivity contribution is -0.886. The summed E-state index contributed by atoms with van der Waals surface area (Å²) in [5, 5.41) is 1.04. The van der Waals surface area contributed by atoms with Gasteiger partial charge in [-0.2, -0.15) is 0 Å². The highest BCUT2D eigenvalue weighted by molar-refractivity contribution is 6.05. The second-order valence-corrected chi connectivity index (χ2v) is 7.99. The molecule has 1 fully saturated rings. The minimum Gasteiger partial charge on any atom is -0.333 e. The number of quaternary nitrogens is 1. The van der Waals surface area contributed by atoms with Crippen molar-refractivity contribution >= 4 is 16.8 Å². The number of hydrogen-bond acceptors (Lipinski definition) is 2. The molecule has 27 heavy (non-hydrogen) atoms. The van der Waals surface area contributed by atoms with Crippen molar-refractivity contribution in [2.45, 2.75) is 32.1 Å². The molecule has 1 atom stereocenters. The van der Waals surface area contributed by atoms with Crippen molar-refractivity contribution in [1.29, 1.82) is 0 Å². The monoisotopic (exact) mass is 364 g/mol. The number of fused-ring (bicyclic) bond motifs is 1. The number of amides is 1. The number of allylic oxidation sites excluding steroid dienone is 2. The summed E-state index contributed by atoms with van der Waals surface area (Å²) in [5.74, 6) is 0.725. The van der Waals surface area contributed by atoms with Crippen molar-refractivity contribution in [2.24, 2.45) is 5.92 Å². The number of benzene rings is 1. The molecule has 1 aromatic heterocycles. The van der Waals surface area contributed by atoms with E-state index in [4.69, 9.17) is 0 Å². The van der Waals surface area contributed by atoms with Gasteiger partial charge in [0.25, 0.3) is 5.91 Å². The van der Waals surface area contributed by atoms with Crippen molar-refractivity contribution in [3.63, 3.8) is 0 Å². The van der Waals surface area contributed by atoms with Crippen LogP contribution in [0.15, 0.2) is 48.7 Å². The third-order valence-corrected chi connectivity index (χ3v) is 6.05. The maximum absolute atomic E-state index is 13.5. The van der Waals surface area contributed by atoms with Gasteiger partial charge in [0, 0.05) is 31.0 Å². The first-order valence-electron chi connectivity index (χ1n) is 10.4. The first-order valence-corrected chi connectivity index (χ1v) is 10.4. The highest BCUT2D eigenvalue weighted by Gasteiger charge is 2.24. The summed E-state index contributed by atoms with van der Waals surface area (Å²) in [6, 6.07) is 9.91. The number of para-hydroxylation sites is 1. The SMILES string of the molecule is O=C(c1cccc2cccnc12)N(CC[NH+]1CCCC1)C[C@H]1CC=CCC1. The molecule has 1 aromatic carbocycles. The Hall–Kier alpha value is -2.20. The molecule has 0 bridgehead atoms. The zero-order valence-electron chi connectivity index (χ0n) is 16.1. The average molecular weight is 365 g/mol. The average Bonchev–Trinajstić information content (AvgIpc) is 3.24. The van der Waals surface area contributed by atoms with Gasteiger partial charge >= 0.3 is 0 Å². The maximum Gasteiger partial charge on any atom is 0.256 e. The van der Waals surface area contributed by atoms with Gasteiger partial charge in [0.1, 0.15) is 0 Å². The van der Waals surface area contributed by atoms with Crippen LogP contribution in [-0.4, -0.2) is 48.5 Å². The van der Waals surface area contributed by atoms with E-state index in [0.29, 0.717) is 5.92 Å². The Kier molecular flexibility index (Phi) is 5.83. The topological polar surface area (TPSA) is 37.6 Å². The molecule has 1 amide bonds. The molecule has 1 aliphatic carbocycles. The summed E-state index contributed by atoms with van der Waals surface area (Å²) in [5.41, 5.74) is 1.57. The van der Waals surface area contributed by atoms with Crippen LogP contribution >= 0.6 is 0 Å². The van der Waals surface area contributed by atoms with Gasteiger partial charge in [0.2, 0.25) is 0 Å². The largest absolute Gasteiger partial charge is 0.333 e. The van der Waals surface area contributed by atoms with Crippen molar-refractivity contribution < 1.29 is 9.69 Å². The minimum absolute atomic E-state index is 0.146. The molecule has 4 rings (SSSR count). The van der Waals surface area contributed by atoms with Crippen LogP contribution < -0.4 is 4.90 Å². The summed E-state index contributed by atoms with van der Waals surface area (Å²) in [7, 11) is 0. The van der Waals surface area contributed by atoms with Crippen LogP contribution in [0.25, 0.3) is 10.9 Å². The summed E-state index contributed by atoms with van der Waals surface area (Å²) in [6.45, 7) is 5.28. The number of carbonyl (C=O) groups is 1. The number of likely N-dealkylation sites (tertiary alicyclic amines) is 1. The lowest BCUT2D eigenvalue weighted by Crippen LogP contribution is -3.10. The Balaban J connectivity index is 1.55. The van der Waals surface area contributed by atoms with Crippen LogP contribution in [0, 0.1) is 5.92 Å². The van der Waals surface area contributed by atoms with E-state index in [2.05, 4.69) is 22.0 Å². The third kappa shape index (κ3) is 4.38. The summed E-state index contributed by atoms with van der Waals surface area (Å²) < 4.78 is 0. The van der Waals surface area contributed by atoms with Crippen molar-refractivity contribution in [2.75, 3.05) is 32.7 Å². The lowest BCUT2D eigenvalue weighted by Gasteiger charge is -2.29. The molecule has 4 nitrogen and oxygen atoms in total. The van der Waals surface area contributed by atoms with E-state index in [1.165, 1.54) is 32.4 Å². The molecule has 1 saturated heterocycles. The first-order chi connectivity index (χ1) is 13.3. The molecule has 4 heteroatoms. The second kappa shape index (κ2) is 8.66. The van der Waals surface area contributed by atoms with Gasteiger partial charge in [0.15, 0.2) is 0 Å². The zero-order chi connectivity index (χ0) is 18.5. The Morgan fingerprint density at radius 1 is 1.15 bits per heavy atom. The molecule has 142 valence electrons. The molecule has 0 saturated carbocycles. The van der Waals surface area contributed by atoms with Crippen molar-refractivity contribution in [3.8, 4) is 0 Å². The number of aromatic nitrogens is 1. The van der Waals surface area contributed by atoms with Crippen LogP contribution in [0.5, 0.6) is 0 Å². The molecule has 2 aliphatic rings. The fourth-order valence-corrected chi connectivity index (χ4v) is 4.47. The van der Waals surface area contributed by atoms with Gasteiger partial charge in [-0.3, -0.25) is 9.78 Å². The molecule has 1 N–H and O–H groups in total. The van der Waals surface area contributed by atoms with Crippen molar-refractivity contribution in [3.05, 3.63) is 54.2 Å². The molecule has 0 unspecified atom stereocenters. The summed E-state index contributed by atoms with van der Waals surface area (Å²) in [4.78, 5) is 21.8. The summed E-state index contributed by atoms with van der Waals surface area (Å²) in [6.07, 6.45) is 12.4. The van der Waals surface area contributed by atoms with E-state index < -0.39 is 0 Å². The number of carbonyl (C=O) groups excluding carboxylic acids is 1. The highest BCUT2D eigenvalue weighted by Crippen LogP contribution is 2.22. The first kappa shape index (κ1) is 18.2. The van der Waals surface area contributed by atoms with E-state index >= 15 is 0 Å². The van der Waals surface area contributed by atoms with Crippen LogP contribution in [-0.2, 0) is 0 Å². The minimum atomic E-state index is 0.146. The van der Waals surface area contributed by atoms with Crippen LogP contribution in [0.1, 0.15) is 42.5 Å². The zero-order valence-corrected chi connectivity index (χ0v) is 16.1.